The Morgan fingerprint density at radius 1 is 1.15 bits per heavy atom. The minimum absolute atomic E-state index is 0.574. The molecule has 0 aliphatic carbocycles. The van der Waals surface area contributed by atoms with Crippen LogP contribution in [0.4, 0.5) is 0 Å². The molecule has 3 nitrogen and oxygen atoms in total. The molecule has 2 rings (SSSR count). The van der Waals surface area contributed by atoms with Gasteiger partial charge in [0.15, 0.2) is 0 Å². The second-order valence-corrected chi connectivity index (χ2v) is 5.71. The third kappa shape index (κ3) is 6.04. The van der Waals surface area contributed by atoms with E-state index in [1.807, 2.05) is 0 Å². The van der Waals surface area contributed by atoms with Gasteiger partial charge in [-0.25, -0.2) is 0 Å². The Balaban J connectivity index is 1.50. The Bertz CT molecular complexity index is 349. The van der Waals surface area contributed by atoms with Crippen LogP contribution in [-0.2, 0) is 11.2 Å². The maximum absolute atomic E-state index is 5.37. The molecule has 0 amide bonds. The van der Waals surface area contributed by atoms with Crippen LogP contribution in [0.25, 0.3) is 0 Å². The monoisotopic (exact) mass is 276 g/mol. The van der Waals surface area contributed by atoms with Crippen LogP contribution in [0, 0.1) is 0 Å². The van der Waals surface area contributed by atoms with Crippen LogP contribution < -0.4 is 5.32 Å². The lowest BCUT2D eigenvalue weighted by Gasteiger charge is -2.29. The van der Waals surface area contributed by atoms with E-state index in [-0.39, 0.29) is 0 Å². The molecule has 0 radical (unpaired) electrons. The summed E-state index contributed by atoms with van der Waals surface area (Å²) in [5.41, 5.74) is 1.45. The lowest BCUT2D eigenvalue weighted by atomic mass is 10.1. The van der Waals surface area contributed by atoms with Crippen molar-refractivity contribution in [2.45, 2.75) is 32.2 Å². The van der Waals surface area contributed by atoms with Gasteiger partial charge in [0.25, 0.3) is 0 Å². The first-order valence-corrected chi connectivity index (χ1v) is 7.92. The van der Waals surface area contributed by atoms with Gasteiger partial charge >= 0.3 is 0 Å². The number of hydrogen-bond acceptors (Lipinski definition) is 3. The van der Waals surface area contributed by atoms with Crippen LogP contribution >= 0.6 is 0 Å². The average molecular weight is 276 g/mol. The van der Waals surface area contributed by atoms with E-state index in [9.17, 15) is 0 Å². The molecule has 1 fully saturated rings. The van der Waals surface area contributed by atoms with Crippen LogP contribution in [0.15, 0.2) is 30.3 Å². The molecule has 20 heavy (non-hydrogen) atoms. The molecule has 3 heteroatoms. The number of ether oxygens (including phenoxy) is 1. The Morgan fingerprint density at radius 2 is 1.90 bits per heavy atom. The molecule has 0 bridgehead atoms. The fourth-order valence-corrected chi connectivity index (χ4v) is 2.68. The molecule has 1 aromatic rings. The molecular formula is C17H28N2O. The topological polar surface area (TPSA) is 24.5 Å². The number of rotatable bonds is 8. The summed E-state index contributed by atoms with van der Waals surface area (Å²) in [6.07, 6.45) is 3.71. The zero-order valence-electron chi connectivity index (χ0n) is 12.7. The SMILES string of the molecule is CC(CN1CCOCC1)NCCCCc1ccccc1. The van der Waals surface area contributed by atoms with Crippen LogP contribution in [0.1, 0.15) is 25.3 Å². The number of benzene rings is 1. The molecule has 1 unspecified atom stereocenters. The Kier molecular flexibility index (Phi) is 7.06. The predicted molar refractivity (Wildman–Crippen MR) is 84.1 cm³/mol. The van der Waals surface area contributed by atoms with Crippen LogP contribution in [0.3, 0.4) is 0 Å². The Labute approximate surface area is 123 Å². The third-order valence-electron chi connectivity index (χ3n) is 3.86. The lowest BCUT2D eigenvalue weighted by molar-refractivity contribution is 0.0344. The maximum atomic E-state index is 5.37. The summed E-state index contributed by atoms with van der Waals surface area (Å²) < 4.78 is 5.37. The first kappa shape index (κ1) is 15.5. The zero-order chi connectivity index (χ0) is 14.0. The summed E-state index contributed by atoms with van der Waals surface area (Å²) in [5, 5.41) is 3.63. The predicted octanol–water partition coefficient (Wildman–Crippen LogP) is 2.32. The lowest BCUT2D eigenvalue weighted by Crippen LogP contribution is -2.44. The van der Waals surface area contributed by atoms with Gasteiger partial charge < -0.3 is 10.1 Å². The van der Waals surface area contributed by atoms with Crippen LogP contribution in [-0.4, -0.2) is 50.3 Å². The van der Waals surface area contributed by atoms with E-state index in [0.717, 1.165) is 39.4 Å². The van der Waals surface area contributed by atoms with E-state index in [1.165, 1.54) is 24.8 Å². The summed E-state index contributed by atoms with van der Waals surface area (Å²) >= 11 is 0. The molecular weight excluding hydrogens is 248 g/mol. The minimum atomic E-state index is 0.574. The number of unbranched alkanes of at least 4 members (excludes halogenated alkanes) is 1. The molecule has 0 saturated carbocycles. The van der Waals surface area contributed by atoms with Crippen molar-refractivity contribution in [2.24, 2.45) is 0 Å². The molecule has 1 aliphatic heterocycles. The maximum Gasteiger partial charge on any atom is 0.0594 e. The Morgan fingerprint density at radius 3 is 2.65 bits per heavy atom. The van der Waals surface area contributed by atoms with Gasteiger partial charge in [-0.05, 0) is 38.3 Å². The highest BCUT2D eigenvalue weighted by atomic mass is 16.5. The van der Waals surface area contributed by atoms with E-state index in [2.05, 4.69) is 47.5 Å². The van der Waals surface area contributed by atoms with E-state index >= 15 is 0 Å². The van der Waals surface area contributed by atoms with E-state index in [1.54, 1.807) is 0 Å². The molecule has 1 atom stereocenters. The van der Waals surface area contributed by atoms with Gasteiger partial charge in [0.05, 0.1) is 13.2 Å². The normalized spacial score (nSPS) is 18.1. The fraction of sp³-hybridized carbons (Fsp3) is 0.647. The summed E-state index contributed by atoms with van der Waals surface area (Å²) in [4.78, 5) is 2.49. The summed E-state index contributed by atoms with van der Waals surface area (Å²) in [5.74, 6) is 0. The highest BCUT2D eigenvalue weighted by Crippen LogP contribution is 2.04. The third-order valence-corrected chi connectivity index (χ3v) is 3.86. The molecule has 1 aromatic carbocycles. The number of nitrogens with one attached hydrogen (secondary N) is 1. The van der Waals surface area contributed by atoms with E-state index in [4.69, 9.17) is 4.74 Å². The van der Waals surface area contributed by atoms with Gasteiger partial charge in [-0.3, -0.25) is 4.90 Å². The molecule has 1 aliphatic rings. The molecule has 1 saturated heterocycles. The van der Waals surface area contributed by atoms with Gasteiger partial charge in [-0.15, -0.1) is 0 Å². The van der Waals surface area contributed by atoms with Gasteiger partial charge in [-0.2, -0.15) is 0 Å². The van der Waals surface area contributed by atoms with Crippen molar-refractivity contribution >= 4 is 0 Å². The van der Waals surface area contributed by atoms with Crippen molar-refractivity contribution in [1.82, 2.24) is 10.2 Å². The molecule has 1 N–H and O–H groups in total. The van der Waals surface area contributed by atoms with E-state index in [0.29, 0.717) is 6.04 Å². The zero-order valence-corrected chi connectivity index (χ0v) is 12.7. The van der Waals surface area contributed by atoms with Crippen molar-refractivity contribution in [3.8, 4) is 0 Å². The standard InChI is InChI=1S/C17H28N2O/c1-16(15-19-11-13-20-14-12-19)18-10-6-5-9-17-7-3-2-4-8-17/h2-4,7-8,16,18H,5-6,9-15H2,1H3. The Hall–Kier alpha value is -0.900. The fourth-order valence-electron chi connectivity index (χ4n) is 2.68. The highest BCUT2D eigenvalue weighted by molar-refractivity contribution is 5.14. The second-order valence-electron chi connectivity index (χ2n) is 5.71. The first-order valence-electron chi connectivity index (χ1n) is 7.92. The van der Waals surface area contributed by atoms with Gasteiger partial charge in [-0.1, -0.05) is 30.3 Å². The van der Waals surface area contributed by atoms with Crippen molar-refractivity contribution in [3.63, 3.8) is 0 Å². The van der Waals surface area contributed by atoms with Gasteiger partial charge in [0.1, 0.15) is 0 Å². The summed E-state index contributed by atoms with van der Waals surface area (Å²) in [6.45, 7) is 8.50. The highest BCUT2D eigenvalue weighted by Gasteiger charge is 2.12. The number of nitrogens with zero attached hydrogens (tertiary/aromatic N) is 1. The molecule has 0 spiro atoms. The number of morpholine rings is 1. The van der Waals surface area contributed by atoms with Crippen LogP contribution in [0.5, 0.6) is 0 Å². The quantitative estimate of drug-likeness (QED) is 0.738. The van der Waals surface area contributed by atoms with E-state index < -0.39 is 0 Å². The molecule has 0 aromatic heterocycles. The first-order chi connectivity index (χ1) is 9.84. The van der Waals surface area contributed by atoms with Crippen molar-refractivity contribution in [2.75, 3.05) is 39.4 Å². The average Bonchev–Trinajstić information content (AvgIpc) is 2.49. The molecule has 1 heterocycles. The number of hydrogen-bond donors (Lipinski definition) is 1. The minimum Gasteiger partial charge on any atom is -0.379 e. The number of aryl methyl sites for hydroxylation is 1. The van der Waals surface area contributed by atoms with Gasteiger partial charge in [0, 0.05) is 25.7 Å². The summed E-state index contributed by atoms with van der Waals surface area (Å²) in [6, 6.07) is 11.3. The largest absolute Gasteiger partial charge is 0.379 e. The van der Waals surface area contributed by atoms with Crippen molar-refractivity contribution in [1.29, 1.82) is 0 Å². The summed E-state index contributed by atoms with van der Waals surface area (Å²) in [7, 11) is 0. The van der Waals surface area contributed by atoms with Crippen LogP contribution in [0.2, 0.25) is 0 Å². The van der Waals surface area contributed by atoms with Crippen molar-refractivity contribution < 1.29 is 4.74 Å². The van der Waals surface area contributed by atoms with Crippen molar-refractivity contribution in [3.05, 3.63) is 35.9 Å². The van der Waals surface area contributed by atoms with Gasteiger partial charge in [0.2, 0.25) is 0 Å². The molecule has 112 valence electrons. The second kappa shape index (κ2) is 9.11. The smallest absolute Gasteiger partial charge is 0.0594 e.